The molecule has 120 valence electrons. The molecule has 1 unspecified atom stereocenters. The van der Waals surface area contributed by atoms with Gasteiger partial charge >= 0.3 is 0 Å². The molecule has 21 heavy (non-hydrogen) atoms. The predicted molar refractivity (Wildman–Crippen MR) is 84.9 cm³/mol. The first-order chi connectivity index (χ1) is 9.99. The fourth-order valence-corrected chi connectivity index (χ4v) is 2.90. The van der Waals surface area contributed by atoms with E-state index >= 15 is 0 Å². The smallest absolute Gasteiger partial charge is 0.240 e. The van der Waals surface area contributed by atoms with Crippen LogP contribution >= 0.6 is 0 Å². The standard InChI is InChI=1S/C14H25N3O3S/c1-3-9-17-21(18,19)14-6-4-13(5-7-14)16-10-8-12(15)11-20-2/h4-7,12,16-17H,3,8-11,15H2,1-2H3. The molecule has 0 saturated heterocycles. The second kappa shape index (κ2) is 8.99. The van der Waals surface area contributed by atoms with Crippen LogP contribution in [-0.2, 0) is 14.8 Å². The lowest BCUT2D eigenvalue weighted by Crippen LogP contribution is -2.28. The fraction of sp³-hybridized carbons (Fsp3) is 0.571. The molecule has 0 aliphatic heterocycles. The van der Waals surface area contributed by atoms with E-state index in [1.165, 1.54) is 0 Å². The highest BCUT2D eigenvalue weighted by molar-refractivity contribution is 7.89. The Morgan fingerprint density at radius 2 is 1.90 bits per heavy atom. The van der Waals surface area contributed by atoms with Gasteiger partial charge in [0, 0.05) is 31.9 Å². The summed E-state index contributed by atoms with van der Waals surface area (Å²) in [6.07, 6.45) is 1.55. The number of benzene rings is 1. The number of ether oxygens (including phenoxy) is 1. The summed E-state index contributed by atoms with van der Waals surface area (Å²) in [4.78, 5) is 0.276. The Balaban J connectivity index is 2.50. The van der Waals surface area contributed by atoms with Crippen molar-refractivity contribution >= 4 is 15.7 Å². The number of anilines is 1. The summed E-state index contributed by atoms with van der Waals surface area (Å²) in [7, 11) is -1.77. The molecule has 4 N–H and O–H groups in total. The van der Waals surface area contributed by atoms with Crippen LogP contribution in [0.5, 0.6) is 0 Å². The minimum atomic E-state index is -3.39. The maximum atomic E-state index is 11.9. The number of nitrogens with two attached hydrogens (primary N) is 1. The van der Waals surface area contributed by atoms with Crippen LogP contribution in [0.2, 0.25) is 0 Å². The molecule has 0 spiro atoms. The molecular weight excluding hydrogens is 290 g/mol. The molecule has 0 radical (unpaired) electrons. The van der Waals surface area contributed by atoms with Crippen molar-refractivity contribution in [3.05, 3.63) is 24.3 Å². The van der Waals surface area contributed by atoms with Gasteiger partial charge in [-0.15, -0.1) is 0 Å². The largest absolute Gasteiger partial charge is 0.385 e. The van der Waals surface area contributed by atoms with Gasteiger partial charge in [-0.05, 0) is 37.1 Å². The van der Waals surface area contributed by atoms with Crippen LogP contribution in [0.15, 0.2) is 29.2 Å². The summed E-state index contributed by atoms with van der Waals surface area (Å²) in [6, 6.07) is 6.69. The van der Waals surface area contributed by atoms with E-state index in [0.717, 1.165) is 18.5 Å². The first kappa shape index (κ1) is 17.9. The van der Waals surface area contributed by atoms with E-state index in [4.69, 9.17) is 10.5 Å². The molecule has 0 bridgehead atoms. The molecule has 1 aromatic rings. The Hall–Kier alpha value is -1.15. The van der Waals surface area contributed by atoms with Crippen LogP contribution in [0.4, 0.5) is 5.69 Å². The first-order valence-electron chi connectivity index (χ1n) is 7.07. The topological polar surface area (TPSA) is 93.5 Å². The van der Waals surface area contributed by atoms with Gasteiger partial charge in [-0.2, -0.15) is 0 Å². The molecule has 7 heteroatoms. The van der Waals surface area contributed by atoms with Crippen molar-refractivity contribution in [3.63, 3.8) is 0 Å². The second-order valence-corrected chi connectivity index (χ2v) is 6.62. The average molecular weight is 315 g/mol. The summed E-state index contributed by atoms with van der Waals surface area (Å²) in [6.45, 7) is 3.61. The van der Waals surface area contributed by atoms with Gasteiger partial charge in [0.05, 0.1) is 11.5 Å². The number of hydrogen-bond donors (Lipinski definition) is 3. The average Bonchev–Trinajstić information content (AvgIpc) is 2.46. The van der Waals surface area contributed by atoms with E-state index in [0.29, 0.717) is 19.7 Å². The molecule has 0 heterocycles. The lowest BCUT2D eigenvalue weighted by Gasteiger charge is -2.12. The van der Waals surface area contributed by atoms with E-state index in [1.54, 1.807) is 31.4 Å². The van der Waals surface area contributed by atoms with Gasteiger partial charge in [0.1, 0.15) is 0 Å². The van der Waals surface area contributed by atoms with Gasteiger partial charge in [0.25, 0.3) is 0 Å². The van der Waals surface area contributed by atoms with Crippen LogP contribution in [0.25, 0.3) is 0 Å². The van der Waals surface area contributed by atoms with E-state index < -0.39 is 10.0 Å². The quantitative estimate of drug-likeness (QED) is 0.602. The van der Waals surface area contributed by atoms with Gasteiger partial charge in [-0.1, -0.05) is 6.92 Å². The zero-order valence-corrected chi connectivity index (χ0v) is 13.4. The van der Waals surface area contributed by atoms with Gasteiger partial charge < -0.3 is 15.8 Å². The summed E-state index contributed by atoms with van der Waals surface area (Å²) in [5.41, 5.74) is 6.69. The molecule has 6 nitrogen and oxygen atoms in total. The Labute approximate surface area is 127 Å². The third kappa shape index (κ3) is 6.43. The Bertz CT molecular complexity index is 503. The van der Waals surface area contributed by atoms with Crippen molar-refractivity contribution in [1.29, 1.82) is 0 Å². The molecule has 0 aliphatic rings. The second-order valence-electron chi connectivity index (χ2n) is 4.85. The molecule has 1 rings (SSSR count). The van der Waals surface area contributed by atoms with Gasteiger partial charge in [0.15, 0.2) is 0 Å². The molecule has 0 amide bonds. The molecular formula is C14H25N3O3S. The number of hydrogen-bond acceptors (Lipinski definition) is 5. The van der Waals surface area contributed by atoms with Crippen LogP contribution in [0.1, 0.15) is 19.8 Å². The highest BCUT2D eigenvalue weighted by Crippen LogP contribution is 2.14. The third-order valence-electron chi connectivity index (χ3n) is 2.93. The minimum Gasteiger partial charge on any atom is -0.385 e. The highest BCUT2D eigenvalue weighted by Gasteiger charge is 2.12. The lowest BCUT2D eigenvalue weighted by atomic mass is 10.2. The number of nitrogens with one attached hydrogen (secondary N) is 2. The first-order valence-corrected chi connectivity index (χ1v) is 8.56. The number of methoxy groups -OCH3 is 1. The molecule has 1 aromatic carbocycles. The Kier molecular flexibility index (Phi) is 7.66. The van der Waals surface area contributed by atoms with E-state index in [1.807, 2.05) is 6.92 Å². The fourth-order valence-electron chi connectivity index (χ4n) is 1.77. The summed E-state index contributed by atoms with van der Waals surface area (Å²) in [5.74, 6) is 0. The zero-order chi connectivity index (χ0) is 15.7. The molecule has 0 saturated carbocycles. The maximum absolute atomic E-state index is 11.9. The zero-order valence-electron chi connectivity index (χ0n) is 12.6. The van der Waals surface area contributed by atoms with Crippen LogP contribution in [0, 0.1) is 0 Å². The van der Waals surface area contributed by atoms with E-state index in [9.17, 15) is 8.42 Å². The van der Waals surface area contributed by atoms with Gasteiger partial charge in [0.2, 0.25) is 10.0 Å². The highest BCUT2D eigenvalue weighted by atomic mass is 32.2. The number of sulfonamides is 1. The molecule has 0 aromatic heterocycles. The van der Waals surface area contributed by atoms with E-state index in [-0.39, 0.29) is 10.9 Å². The SMILES string of the molecule is CCCNS(=O)(=O)c1ccc(NCCC(N)COC)cc1. The summed E-state index contributed by atoms with van der Waals surface area (Å²) >= 11 is 0. The predicted octanol–water partition coefficient (Wildman–Crippen LogP) is 1.15. The molecule has 0 fully saturated rings. The van der Waals surface area contributed by atoms with Crippen molar-refractivity contribution in [2.24, 2.45) is 5.73 Å². The molecule has 0 aliphatic carbocycles. The maximum Gasteiger partial charge on any atom is 0.240 e. The van der Waals surface area contributed by atoms with Gasteiger partial charge in [-0.25, -0.2) is 13.1 Å². The number of rotatable bonds is 10. The summed E-state index contributed by atoms with van der Waals surface area (Å²) < 4.78 is 31.3. The molecule has 1 atom stereocenters. The Morgan fingerprint density at radius 3 is 2.48 bits per heavy atom. The normalized spacial score (nSPS) is 13.1. The van der Waals surface area contributed by atoms with E-state index in [2.05, 4.69) is 10.0 Å². The van der Waals surface area contributed by atoms with Gasteiger partial charge in [-0.3, -0.25) is 0 Å². The van der Waals surface area contributed by atoms with Crippen LogP contribution < -0.4 is 15.8 Å². The van der Waals surface area contributed by atoms with Crippen molar-refractivity contribution in [1.82, 2.24) is 4.72 Å². The van der Waals surface area contributed by atoms with Crippen molar-refractivity contribution in [2.45, 2.75) is 30.7 Å². The van der Waals surface area contributed by atoms with Crippen molar-refractivity contribution in [3.8, 4) is 0 Å². The lowest BCUT2D eigenvalue weighted by molar-refractivity contribution is 0.178. The van der Waals surface area contributed by atoms with Crippen molar-refractivity contribution < 1.29 is 13.2 Å². The minimum absolute atomic E-state index is 0.000366. The van der Waals surface area contributed by atoms with Crippen molar-refractivity contribution in [2.75, 3.05) is 32.1 Å². The monoisotopic (exact) mass is 315 g/mol. The van der Waals surface area contributed by atoms with Crippen LogP contribution in [-0.4, -0.2) is 41.3 Å². The van der Waals surface area contributed by atoms with Crippen LogP contribution in [0.3, 0.4) is 0 Å². The third-order valence-corrected chi connectivity index (χ3v) is 4.41. The Morgan fingerprint density at radius 1 is 1.24 bits per heavy atom. The summed E-state index contributed by atoms with van der Waals surface area (Å²) in [5, 5.41) is 3.21.